The molecule has 0 aliphatic rings. The van der Waals surface area contributed by atoms with Crippen LogP contribution >= 0.6 is 0 Å². The van der Waals surface area contributed by atoms with Gasteiger partial charge in [0.1, 0.15) is 30.4 Å². The van der Waals surface area contributed by atoms with Crippen LogP contribution in [0.25, 0.3) is 0 Å². The number of hydrogen-bond donors (Lipinski definition) is 1. The van der Waals surface area contributed by atoms with Crippen LogP contribution in [0.1, 0.15) is 22.3 Å². The molecule has 0 spiro atoms. The minimum Gasteiger partial charge on any atom is -0.497 e. The second kappa shape index (κ2) is 13.7. The maximum atomic E-state index is 13.7. The van der Waals surface area contributed by atoms with E-state index in [9.17, 15) is 13.2 Å². The van der Waals surface area contributed by atoms with E-state index in [1.807, 2.05) is 50.2 Å². The third kappa shape index (κ3) is 7.67. The number of methoxy groups -OCH3 is 2. The molecule has 0 radical (unpaired) electrons. The third-order valence-electron chi connectivity index (χ3n) is 6.36. The van der Waals surface area contributed by atoms with Gasteiger partial charge < -0.3 is 14.2 Å². The summed E-state index contributed by atoms with van der Waals surface area (Å²) in [5.41, 5.74) is 6.45. The van der Waals surface area contributed by atoms with Gasteiger partial charge in [0.15, 0.2) is 0 Å². The predicted octanol–water partition coefficient (Wildman–Crippen LogP) is 5.25. The van der Waals surface area contributed by atoms with Gasteiger partial charge in [-0.05, 0) is 73.5 Å². The molecular formula is C32H33N3O6S. The second-order valence-corrected chi connectivity index (χ2v) is 11.4. The number of carbonyl (C=O) groups excluding carboxylic acids is 1. The first kappa shape index (κ1) is 30.1. The summed E-state index contributed by atoms with van der Waals surface area (Å²) in [5, 5.41) is 4.02. The molecule has 0 aliphatic carbocycles. The Labute approximate surface area is 246 Å². The van der Waals surface area contributed by atoms with Crippen LogP contribution in [0.5, 0.6) is 17.2 Å². The van der Waals surface area contributed by atoms with Crippen molar-refractivity contribution in [2.45, 2.75) is 25.3 Å². The maximum absolute atomic E-state index is 13.7. The summed E-state index contributed by atoms with van der Waals surface area (Å²) in [4.78, 5) is 13.0. The highest BCUT2D eigenvalue weighted by Crippen LogP contribution is 2.35. The summed E-state index contributed by atoms with van der Waals surface area (Å²) in [6, 6.07) is 26.4. The number of hydrazone groups is 1. The SMILES string of the molecule is COc1ccc(OC)c(N(CC(=O)N/N=C\c2ccc(OCc3ccc(C)cc3)cc2)S(=O)(=O)c2ccc(C)cc2)c1. The Morgan fingerprint density at radius 2 is 1.45 bits per heavy atom. The molecule has 218 valence electrons. The summed E-state index contributed by atoms with van der Waals surface area (Å²) in [7, 11) is -1.27. The van der Waals surface area contributed by atoms with Gasteiger partial charge in [0.2, 0.25) is 0 Å². The van der Waals surface area contributed by atoms with E-state index in [0.717, 1.165) is 21.0 Å². The Balaban J connectivity index is 1.47. The van der Waals surface area contributed by atoms with Crippen molar-refractivity contribution in [2.24, 2.45) is 5.10 Å². The number of benzene rings is 4. The third-order valence-corrected chi connectivity index (χ3v) is 8.13. The van der Waals surface area contributed by atoms with Crippen molar-refractivity contribution in [1.29, 1.82) is 0 Å². The molecule has 0 heterocycles. The fourth-order valence-corrected chi connectivity index (χ4v) is 5.40. The van der Waals surface area contributed by atoms with Gasteiger partial charge in [-0.15, -0.1) is 0 Å². The standard InChI is InChI=1S/C32H33N3O6S/c1-23-5-9-26(10-6-23)22-41-27-13-11-25(12-14-27)20-33-34-32(36)21-35(30-19-28(39-3)15-18-31(30)40-4)42(37,38)29-16-7-24(2)8-17-29/h5-20H,21-22H2,1-4H3,(H,34,36)/b33-20-. The van der Waals surface area contributed by atoms with Gasteiger partial charge in [-0.25, -0.2) is 13.8 Å². The number of nitrogens with one attached hydrogen (secondary N) is 1. The quantitative estimate of drug-likeness (QED) is 0.179. The van der Waals surface area contributed by atoms with Crippen LogP contribution < -0.4 is 23.9 Å². The monoisotopic (exact) mass is 587 g/mol. The second-order valence-electron chi connectivity index (χ2n) is 9.50. The normalized spacial score (nSPS) is 11.2. The molecule has 4 rings (SSSR count). The molecule has 9 nitrogen and oxygen atoms in total. The Morgan fingerprint density at radius 3 is 2.07 bits per heavy atom. The van der Waals surface area contributed by atoms with Crippen molar-refractivity contribution >= 4 is 27.8 Å². The van der Waals surface area contributed by atoms with Crippen molar-refractivity contribution in [1.82, 2.24) is 5.43 Å². The summed E-state index contributed by atoms with van der Waals surface area (Å²) < 4.78 is 45.0. The number of nitrogens with zero attached hydrogens (tertiary/aromatic N) is 2. The molecule has 4 aromatic carbocycles. The Kier molecular flexibility index (Phi) is 9.82. The number of rotatable bonds is 12. The Hall–Kier alpha value is -4.83. The number of sulfonamides is 1. The first-order chi connectivity index (χ1) is 20.2. The summed E-state index contributed by atoms with van der Waals surface area (Å²) in [5.74, 6) is 0.706. The molecule has 0 saturated heterocycles. The van der Waals surface area contributed by atoms with Crippen LogP contribution in [0.3, 0.4) is 0 Å². The number of amides is 1. The van der Waals surface area contributed by atoms with Gasteiger partial charge in [0.25, 0.3) is 15.9 Å². The van der Waals surface area contributed by atoms with Crippen LogP contribution in [-0.4, -0.2) is 41.3 Å². The first-order valence-corrected chi connectivity index (χ1v) is 14.6. The zero-order valence-electron chi connectivity index (χ0n) is 23.9. The van der Waals surface area contributed by atoms with E-state index in [-0.39, 0.29) is 16.3 Å². The molecule has 10 heteroatoms. The first-order valence-electron chi connectivity index (χ1n) is 13.1. The van der Waals surface area contributed by atoms with E-state index in [1.54, 1.807) is 36.4 Å². The summed E-state index contributed by atoms with van der Waals surface area (Å²) >= 11 is 0. The topological polar surface area (TPSA) is 107 Å². The molecular weight excluding hydrogens is 554 g/mol. The van der Waals surface area contributed by atoms with Crippen molar-refractivity contribution in [2.75, 3.05) is 25.1 Å². The van der Waals surface area contributed by atoms with Crippen LogP contribution in [0.2, 0.25) is 0 Å². The maximum Gasteiger partial charge on any atom is 0.264 e. The highest BCUT2D eigenvalue weighted by atomic mass is 32.2. The van der Waals surface area contributed by atoms with Gasteiger partial charge in [-0.3, -0.25) is 9.10 Å². The summed E-state index contributed by atoms with van der Waals surface area (Å²) in [6.07, 6.45) is 1.46. The zero-order valence-corrected chi connectivity index (χ0v) is 24.7. The number of ether oxygens (including phenoxy) is 3. The molecule has 0 unspecified atom stereocenters. The fourth-order valence-electron chi connectivity index (χ4n) is 3.97. The van der Waals surface area contributed by atoms with E-state index >= 15 is 0 Å². The van der Waals surface area contributed by atoms with E-state index in [2.05, 4.69) is 10.5 Å². The molecule has 4 aromatic rings. The van der Waals surface area contributed by atoms with E-state index in [1.165, 1.54) is 44.2 Å². The minimum absolute atomic E-state index is 0.0268. The van der Waals surface area contributed by atoms with Crippen LogP contribution in [0.15, 0.2) is 101 Å². The van der Waals surface area contributed by atoms with Gasteiger partial charge in [-0.1, -0.05) is 47.5 Å². The minimum atomic E-state index is -4.16. The van der Waals surface area contributed by atoms with Crippen molar-refractivity contribution < 1.29 is 27.4 Å². The van der Waals surface area contributed by atoms with Crippen molar-refractivity contribution in [3.8, 4) is 17.2 Å². The molecule has 0 fully saturated rings. The van der Waals surface area contributed by atoms with Gasteiger partial charge in [0, 0.05) is 6.07 Å². The molecule has 42 heavy (non-hydrogen) atoms. The number of aryl methyl sites for hydroxylation is 2. The Bertz CT molecular complexity index is 1640. The van der Waals surface area contributed by atoms with Crippen LogP contribution in [-0.2, 0) is 21.4 Å². The lowest BCUT2D eigenvalue weighted by molar-refractivity contribution is -0.119. The van der Waals surface area contributed by atoms with Crippen molar-refractivity contribution in [3.05, 3.63) is 113 Å². The molecule has 0 aromatic heterocycles. The van der Waals surface area contributed by atoms with E-state index in [0.29, 0.717) is 18.1 Å². The fraction of sp³-hybridized carbons (Fsp3) is 0.188. The largest absolute Gasteiger partial charge is 0.497 e. The van der Waals surface area contributed by atoms with E-state index < -0.39 is 22.5 Å². The lowest BCUT2D eigenvalue weighted by atomic mass is 10.2. The molecule has 1 amide bonds. The smallest absolute Gasteiger partial charge is 0.264 e. The highest BCUT2D eigenvalue weighted by molar-refractivity contribution is 7.92. The molecule has 0 atom stereocenters. The number of hydrogen-bond acceptors (Lipinski definition) is 7. The van der Waals surface area contributed by atoms with E-state index in [4.69, 9.17) is 14.2 Å². The average molecular weight is 588 g/mol. The Morgan fingerprint density at radius 1 is 0.833 bits per heavy atom. The number of anilines is 1. The van der Waals surface area contributed by atoms with Crippen LogP contribution in [0.4, 0.5) is 5.69 Å². The molecule has 0 saturated carbocycles. The van der Waals surface area contributed by atoms with Crippen molar-refractivity contribution in [3.63, 3.8) is 0 Å². The molecule has 0 bridgehead atoms. The number of carbonyl (C=O) groups is 1. The molecule has 1 N–H and O–H groups in total. The van der Waals surface area contributed by atoms with Crippen LogP contribution in [0, 0.1) is 13.8 Å². The zero-order chi connectivity index (χ0) is 30.1. The average Bonchev–Trinajstić information content (AvgIpc) is 3.00. The summed E-state index contributed by atoms with van der Waals surface area (Å²) in [6.45, 7) is 3.79. The van der Waals surface area contributed by atoms with Gasteiger partial charge in [-0.2, -0.15) is 5.10 Å². The van der Waals surface area contributed by atoms with Gasteiger partial charge in [0.05, 0.1) is 31.0 Å². The highest BCUT2D eigenvalue weighted by Gasteiger charge is 2.30. The predicted molar refractivity (Wildman–Crippen MR) is 163 cm³/mol. The molecule has 0 aliphatic heterocycles. The lowest BCUT2D eigenvalue weighted by Crippen LogP contribution is -2.39. The lowest BCUT2D eigenvalue weighted by Gasteiger charge is -2.25. The van der Waals surface area contributed by atoms with Gasteiger partial charge >= 0.3 is 0 Å².